The SMILES string of the molecule is CNC(SP)C(C)=O. The van der Waals surface area contributed by atoms with E-state index in [2.05, 4.69) is 13.8 Å². The molecule has 0 bridgehead atoms. The topological polar surface area (TPSA) is 29.1 Å². The van der Waals surface area contributed by atoms with E-state index in [4.69, 9.17) is 0 Å². The van der Waals surface area contributed by atoms with E-state index in [9.17, 15) is 4.79 Å². The van der Waals surface area contributed by atoms with Gasteiger partial charge in [0.15, 0.2) is 5.78 Å². The molecule has 0 aliphatic rings. The Morgan fingerprint density at radius 1 is 1.88 bits per heavy atom. The molecular weight excluding hydrogens is 141 g/mol. The van der Waals surface area contributed by atoms with Crippen LogP contribution in [0.5, 0.6) is 0 Å². The predicted octanol–water partition coefficient (Wildman–Crippen LogP) is 0.644. The summed E-state index contributed by atoms with van der Waals surface area (Å²) in [5, 5.41) is 2.79. The third-order valence-electron chi connectivity index (χ3n) is 0.767. The highest BCUT2D eigenvalue weighted by molar-refractivity contribution is 8.44. The second-order valence-electron chi connectivity index (χ2n) is 1.42. The maximum atomic E-state index is 10.5. The molecule has 48 valence electrons. The molecule has 0 aliphatic carbocycles. The van der Waals surface area contributed by atoms with Crippen molar-refractivity contribution in [2.24, 2.45) is 0 Å². The zero-order valence-electron chi connectivity index (χ0n) is 4.97. The molecule has 0 fully saturated rings. The first-order valence-electron chi connectivity index (χ1n) is 2.25. The Morgan fingerprint density at radius 3 is 2.38 bits per heavy atom. The number of hydrogen-bond donors (Lipinski definition) is 1. The Morgan fingerprint density at radius 2 is 2.38 bits per heavy atom. The van der Waals surface area contributed by atoms with Gasteiger partial charge in [0.2, 0.25) is 0 Å². The van der Waals surface area contributed by atoms with E-state index in [-0.39, 0.29) is 11.2 Å². The number of carbonyl (C=O) groups is 1. The van der Waals surface area contributed by atoms with Gasteiger partial charge in [-0.3, -0.25) is 4.79 Å². The molecule has 0 saturated carbocycles. The summed E-state index contributed by atoms with van der Waals surface area (Å²) in [5.74, 6) is 0.160. The van der Waals surface area contributed by atoms with Crippen molar-refractivity contribution >= 4 is 25.6 Å². The molecule has 0 radical (unpaired) electrons. The third kappa shape index (κ3) is 2.65. The van der Waals surface area contributed by atoms with Crippen molar-refractivity contribution in [2.75, 3.05) is 7.05 Å². The van der Waals surface area contributed by atoms with Gasteiger partial charge < -0.3 is 5.32 Å². The van der Waals surface area contributed by atoms with Crippen LogP contribution in [0.3, 0.4) is 0 Å². The summed E-state index contributed by atoms with van der Waals surface area (Å²) in [6.07, 6.45) is 0. The fourth-order valence-electron chi connectivity index (χ4n) is 0.367. The highest BCUT2D eigenvalue weighted by Crippen LogP contribution is 2.16. The molecule has 0 saturated heterocycles. The first-order chi connectivity index (χ1) is 3.72. The Labute approximate surface area is 55.7 Å². The minimum absolute atomic E-state index is 0.0556. The summed E-state index contributed by atoms with van der Waals surface area (Å²) in [6.45, 7) is 1.57. The van der Waals surface area contributed by atoms with Crippen molar-refractivity contribution in [3.8, 4) is 0 Å². The van der Waals surface area contributed by atoms with E-state index in [1.807, 2.05) is 0 Å². The maximum Gasteiger partial charge on any atom is 0.157 e. The van der Waals surface area contributed by atoms with E-state index in [0.717, 1.165) is 0 Å². The number of hydrogen-bond acceptors (Lipinski definition) is 3. The van der Waals surface area contributed by atoms with Crippen LogP contribution in [0.4, 0.5) is 0 Å². The summed E-state index contributed by atoms with van der Waals surface area (Å²) in [4.78, 5) is 10.5. The fourth-order valence-corrected chi connectivity index (χ4v) is 1.68. The van der Waals surface area contributed by atoms with Crippen LogP contribution < -0.4 is 5.32 Å². The number of rotatable bonds is 3. The van der Waals surface area contributed by atoms with Gasteiger partial charge >= 0.3 is 0 Å². The smallest absolute Gasteiger partial charge is 0.157 e. The second-order valence-corrected chi connectivity index (χ2v) is 2.98. The van der Waals surface area contributed by atoms with Gasteiger partial charge in [0, 0.05) is 0 Å². The summed E-state index contributed by atoms with van der Waals surface area (Å²) in [5.41, 5.74) is 0. The molecule has 0 amide bonds. The Kier molecular flexibility index (Phi) is 4.53. The van der Waals surface area contributed by atoms with Gasteiger partial charge in [-0.1, -0.05) is 8.44 Å². The molecule has 0 aromatic heterocycles. The first kappa shape index (κ1) is 8.41. The average Bonchev–Trinajstić information content (AvgIpc) is 1.69. The molecule has 2 nitrogen and oxygen atoms in total. The molecule has 8 heavy (non-hydrogen) atoms. The molecule has 2 atom stereocenters. The van der Waals surface area contributed by atoms with Gasteiger partial charge in [-0.25, -0.2) is 0 Å². The number of carbonyl (C=O) groups excluding carboxylic acids is 1. The molecule has 0 aromatic rings. The molecule has 4 heteroatoms. The van der Waals surface area contributed by atoms with E-state index in [1.165, 1.54) is 11.4 Å². The Balaban J connectivity index is 3.52. The van der Waals surface area contributed by atoms with E-state index >= 15 is 0 Å². The van der Waals surface area contributed by atoms with Crippen molar-refractivity contribution in [1.29, 1.82) is 0 Å². The molecule has 2 unspecified atom stereocenters. The monoisotopic (exact) mass is 151 g/mol. The van der Waals surface area contributed by atoms with E-state index in [0.29, 0.717) is 0 Å². The van der Waals surface area contributed by atoms with Crippen LogP contribution in [0.15, 0.2) is 0 Å². The van der Waals surface area contributed by atoms with Crippen LogP contribution in [0.25, 0.3) is 0 Å². The number of nitrogens with one attached hydrogen (secondary N) is 1. The molecule has 0 spiro atoms. The maximum absolute atomic E-state index is 10.5. The molecule has 0 aromatic carbocycles. The molecule has 0 aliphatic heterocycles. The van der Waals surface area contributed by atoms with Crippen molar-refractivity contribution in [3.63, 3.8) is 0 Å². The summed E-state index contributed by atoms with van der Waals surface area (Å²) in [7, 11) is 4.21. The minimum Gasteiger partial charge on any atom is -0.302 e. The van der Waals surface area contributed by atoms with Crippen LogP contribution in [-0.2, 0) is 4.79 Å². The van der Waals surface area contributed by atoms with Gasteiger partial charge in [0.05, 0.1) is 0 Å². The Bertz CT molecular complexity index is 84.1. The third-order valence-corrected chi connectivity index (χ3v) is 2.42. The van der Waals surface area contributed by atoms with Gasteiger partial charge in [-0.05, 0) is 14.0 Å². The quantitative estimate of drug-likeness (QED) is 0.474. The van der Waals surface area contributed by atoms with Crippen molar-refractivity contribution in [1.82, 2.24) is 5.32 Å². The van der Waals surface area contributed by atoms with Crippen LogP contribution in [-0.4, -0.2) is 18.2 Å². The van der Waals surface area contributed by atoms with Gasteiger partial charge in [-0.2, -0.15) is 0 Å². The molecule has 0 heterocycles. The molecule has 1 N–H and O–H groups in total. The van der Waals surface area contributed by atoms with Crippen molar-refractivity contribution in [3.05, 3.63) is 0 Å². The first-order valence-corrected chi connectivity index (χ1v) is 4.61. The van der Waals surface area contributed by atoms with Crippen LogP contribution in [0.2, 0.25) is 0 Å². The van der Waals surface area contributed by atoms with Gasteiger partial charge in [-0.15, -0.1) is 11.4 Å². The lowest BCUT2D eigenvalue weighted by molar-refractivity contribution is -0.116. The van der Waals surface area contributed by atoms with Crippen LogP contribution in [0, 0.1) is 0 Å². The zero-order valence-corrected chi connectivity index (χ0v) is 6.94. The molecular formula is C4H10NOPS. The largest absolute Gasteiger partial charge is 0.302 e. The number of likely N-dealkylation sites (N-methyl/N-ethyl adjacent to an activating group) is 1. The summed E-state index contributed by atoms with van der Waals surface area (Å²) >= 11 is 1.43. The van der Waals surface area contributed by atoms with E-state index < -0.39 is 0 Å². The normalized spacial score (nSPS) is 13.4. The number of ketones is 1. The highest BCUT2D eigenvalue weighted by atomic mass is 32.7. The lowest BCUT2D eigenvalue weighted by atomic mass is 10.4. The number of Topliss-reactive ketones (excluding diaryl/α,β-unsaturated/α-hetero) is 1. The fraction of sp³-hybridized carbons (Fsp3) is 0.750. The lowest BCUT2D eigenvalue weighted by Crippen LogP contribution is -2.27. The summed E-state index contributed by atoms with van der Waals surface area (Å²) < 4.78 is 0. The van der Waals surface area contributed by atoms with Gasteiger partial charge in [0.25, 0.3) is 0 Å². The standard InChI is InChI=1S/C4H10NOPS/c1-3(6)4(5-2)8-7/h4-5H,7H2,1-2H3. The molecule has 0 rings (SSSR count). The van der Waals surface area contributed by atoms with Crippen LogP contribution >= 0.6 is 19.8 Å². The van der Waals surface area contributed by atoms with E-state index in [1.54, 1.807) is 14.0 Å². The van der Waals surface area contributed by atoms with Crippen molar-refractivity contribution < 1.29 is 4.79 Å². The van der Waals surface area contributed by atoms with Crippen LogP contribution in [0.1, 0.15) is 6.92 Å². The average molecular weight is 151 g/mol. The van der Waals surface area contributed by atoms with Crippen molar-refractivity contribution in [2.45, 2.75) is 12.3 Å². The second kappa shape index (κ2) is 4.30. The van der Waals surface area contributed by atoms with Gasteiger partial charge in [0.1, 0.15) is 5.37 Å². The zero-order chi connectivity index (χ0) is 6.57. The Hall–Kier alpha value is 0.410. The minimum atomic E-state index is -0.0556. The predicted molar refractivity (Wildman–Crippen MR) is 40.8 cm³/mol. The lowest BCUT2D eigenvalue weighted by Gasteiger charge is -2.06. The summed E-state index contributed by atoms with van der Waals surface area (Å²) in [6, 6.07) is 0. The highest BCUT2D eigenvalue weighted by Gasteiger charge is 2.06.